The molecule has 1 N–H and O–H groups in total. The molecule has 0 radical (unpaired) electrons. The fourth-order valence-corrected chi connectivity index (χ4v) is 2.12. The zero-order valence-corrected chi connectivity index (χ0v) is 11.8. The van der Waals surface area contributed by atoms with Crippen LogP contribution in [0, 0.1) is 25.2 Å². The molecule has 0 saturated heterocycles. The molecule has 0 saturated carbocycles. The van der Waals surface area contributed by atoms with E-state index >= 15 is 0 Å². The van der Waals surface area contributed by atoms with Gasteiger partial charge in [-0.15, -0.1) is 0 Å². The molecule has 0 bridgehead atoms. The third-order valence-electron chi connectivity index (χ3n) is 3.45. The first-order chi connectivity index (χ1) is 10.2. The predicted octanol–water partition coefficient (Wildman–Crippen LogP) is 3.14. The molecule has 0 aliphatic carbocycles. The van der Waals surface area contributed by atoms with Gasteiger partial charge in [0.05, 0.1) is 5.56 Å². The van der Waals surface area contributed by atoms with E-state index < -0.39 is 0 Å². The van der Waals surface area contributed by atoms with Gasteiger partial charge in [0.1, 0.15) is 11.8 Å². The van der Waals surface area contributed by atoms with Gasteiger partial charge in [-0.2, -0.15) is 10.2 Å². The molecule has 2 heterocycles. The van der Waals surface area contributed by atoms with Gasteiger partial charge in [0.25, 0.3) is 5.89 Å². The van der Waals surface area contributed by atoms with Gasteiger partial charge in [0.15, 0.2) is 5.82 Å². The molecule has 5 nitrogen and oxygen atoms in total. The van der Waals surface area contributed by atoms with Crippen molar-refractivity contribution in [3.05, 3.63) is 58.7 Å². The lowest BCUT2D eigenvalue weighted by molar-refractivity contribution is 0.424. The van der Waals surface area contributed by atoms with E-state index in [1.165, 1.54) is 11.1 Å². The Morgan fingerprint density at radius 1 is 1.24 bits per heavy atom. The zero-order chi connectivity index (χ0) is 14.8. The Morgan fingerprint density at radius 3 is 2.81 bits per heavy atom. The van der Waals surface area contributed by atoms with Crippen LogP contribution in [-0.2, 0) is 6.42 Å². The van der Waals surface area contributed by atoms with Gasteiger partial charge in [0, 0.05) is 12.6 Å². The van der Waals surface area contributed by atoms with Crippen molar-refractivity contribution in [3.63, 3.8) is 0 Å². The highest BCUT2D eigenvalue weighted by molar-refractivity contribution is 5.54. The first kappa shape index (κ1) is 13.1. The predicted molar refractivity (Wildman–Crippen MR) is 77.5 cm³/mol. The normalized spacial score (nSPS) is 10.5. The average molecular weight is 278 g/mol. The van der Waals surface area contributed by atoms with Crippen LogP contribution in [0.25, 0.3) is 11.5 Å². The number of nitrogens with zero attached hydrogens (tertiary/aromatic N) is 3. The zero-order valence-electron chi connectivity index (χ0n) is 11.8. The molecule has 21 heavy (non-hydrogen) atoms. The van der Waals surface area contributed by atoms with Crippen LogP contribution in [0.4, 0.5) is 0 Å². The molecule has 1 aromatic carbocycles. The first-order valence-corrected chi connectivity index (χ1v) is 6.63. The van der Waals surface area contributed by atoms with Crippen molar-refractivity contribution < 1.29 is 4.52 Å². The molecule has 104 valence electrons. The van der Waals surface area contributed by atoms with E-state index in [1.807, 2.05) is 6.07 Å². The molecule has 3 rings (SSSR count). The molecule has 0 aliphatic rings. The van der Waals surface area contributed by atoms with E-state index in [9.17, 15) is 0 Å². The lowest BCUT2D eigenvalue weighted by Gasteiger charge is -2.02. The maximum absolute atomic E-state index is 8.80. The van der Waals surface area contributed by atoms with Crippen molar-refractivity contribution in [1.82, 2.24) is 15.1 Å². The minimum atomic E-state index is 0.423. The largest absolute Gasteiger partial charge is 0.352 e. The van der Waals surface area contributed by atoms with Crippen LogP contribution in [-0.4, -0.2) is 15.1 Å². The summed E-state index contributed by atoms with van der Waals surface area (Å²) < 4.78 is 5.24. The second-order valence-corrected chi connectivity index (χ2v) is 5.02. The van der Waals surface area contributed by atoms with Gasteiger partial charge in [-0.3, -0.25) is 0 Å². The Bertz CT molecular complexity index is 823. The monoisotopic (exact) mass is 278 g/mol. The van der Waals surface area contributed by atoms with Crippen molar-refractivity contribution in [2.24, 2.45) is 0 Å². The number of H-pyrrole nitrogens is 1. The van der Waals surface area contributed by atoms with Gasteiger partial charge < -0.3 is 9.51 Å². The third-order valence-corrected chi connectivity index (χ3v) is 3.45. The quantitative estimate of drug-likeness (QED) is 0.798. The average Bonchev–Trinajstić information content (AvgIpc) is 3.11. The summed E-state index contributed by atoms with van der Waals surface area (Å²) in [5.41, 5.74) is 4.87. The second-order valence-electron chi connectivity index (χ2n) is 5.02. The number of aromatic nitrogens is 3. The molecule has 5 heteroatoms. The van der Waals surface area contributed by atoms with Crippen LogP contribution >= 0.6 is 0 Å². The molecule has 3 aromatic rings. The molecule has 0 spiro atoms. The Balaban J connectivity index is 1.81. The summed E-state index contributed by atoms with van der Waals surface area (Å²) in [5, 5.41) is 12.8. The lowest BCUT2D eigenvalue weighted by atomic mass is 10.0. The number of aromatic amines is 1. The summed E-state index contributed by atoms with van der Waals surface area (Å²) >= 11 is 0. The minimum absolute atomic E-state index is 0.423. The molecule has 0 amide bonds. The van der Waals surface area contributed by atoms with Gasteiger partial charge in [-0.25, -0.2) is 0 Å². The van der Waals surface area contributed by atoms with Crippen LogP contribution in [0.2, 0.25) is 0 Å². The number of aryl methyl sites for hydroxylation is 2. The highest BCUT2D eigenvalue weighted by Crippen LogP contribution is 2.19. The van der Waals surface area contributed by atoms with Crippen molar-refractivity contribution in [2.45, 2.75) is 20.3 Å². The Kier molecular flexibility index (Phi) is 3.28. The Labute approximate surface area is 122 Å². The van der Waals surface area contributed by atoms with Crippen LogP contribution < -0.4 is 0 Å². The molecule has 2 aromatic heterocycles. The van der Waals surface area contributed by atoms with Crippen molar-refractivity contribution in [2.75, 3.05) is 0 Å². The Morgan fingerprint density at radius 2 is 2.10 bits per heavy atom. The lowest BCUT2D eigenvalue weighted by Crippen LogP contribution is -1.92. The van der Waals surface area contributed by atoms with E-state index in [4.69, 9.17) is 9.78 Å². The van der Waals surface area contributed by atoms with Crippen molar-refractivity contribution in [1.29, 1.82) is 5.26 Å². The number of hydrogen-bond acceptors (Lipinski definition) is 4. The number of nitrogens with one attached hydrogen (secondary N) is 1. The first-order valence-electron chi connectivity index (χ1n) is 6.63. The maximum atomic E-state index is 8.80. The van der Waals surface area contributed by atoms with Crippen LogP contribution in [0.3, 0.4) is 0 Å². The van der Waals surface area contributed by atoms with Crippen LogP contribution in [0.15, 0.2) is 35.0 Å². The van der Waals surface area contributed by atoms with Crippen molar-refractivity contribution >= 4 is 0 Å². The van der Waals surface area contributed by atoms with Gasteiger partial charge in [-0.1, -0.05) is 23.4 Å². The number of nitriles is 1. The van der Waals surface area contributed by atoms with Gasteiger partial charge in [0.2, 0.25) is 0 Å². The topological polar surface area (TPSA) is 78.5 Å². The number of benzene rings is 1. The second kappa shape index (κ2) is 5.25. The van der Waals surface area contributed by atoms with Crippen LogP contribution in [0.1, 0.15) is 28.2 Å². The summed E-state index contributed by atoms with van der Waals surface area (Å²) in [5.74, 6) is 1.06. The smallest absolute Gasteiger partial charge is 0.259 e. The summed E-state index contributed by atoms with van der Waals surface area (Å²) in [6.07, 6.45) is 2.31. The fourth-order valence-electron chi connectivity index (χ4n) is 2.12. The molecular formula is C16H14N4O. The third kappa shape index (κ3) is 2.70. The molecule has 0 aliphatic heterocycles. The van der Waals surface area contributed by atoms with E-state index in [0.717, 1.165) is 11.1 Å². The van der Waals surface area contributed by atoms with E-state index in [-0.39, 0.29) is 0 Å². The van der Waals surface area contributed by atoms with Gasteiger partial charge >= 0.3 is 0 Å². The number of hydrogen-bond donors (Lipinski definition) is 1. The minimum Gasteiger partial charge on any atom is -0.352 e. The SMILES string of the molecule is Cc1ccc(Cc2noc(-c3c[nH]c(C#N)c3)n2)cc1C. The Hall–Kier alpha value is -2.87. The summed E-state index contributed by atoms with van der Waals surface area (Å²) in [6.45, 7) is 4.17. The molecule has 0 fully saturated rings. The van der Waals surface area contributed by atoms with Gasteiger partial charge in [-0.05, 0) is 36.6 Å². The summed E-state index contributed by atoms with van der Waals surface area (Å²) in [7, 11) is 0. The standard InChI is InChI=1S/C16H14N4O/c1-10-3-4-12(5-11(10)2)6-15-19-16(21-20-15)13-7-14(8-17)18-9-13/h3-5,7,9,18H,6H2,1-2H3. The number of rotatable bonds is 3. The molecule has 0 atom stereocenters. The highest BCUT2D eigenvalue weighted by Gasteiger charge is 2.11. The fraction of sp³-hybridized carbons (Fsp3) is 0.188. The van der Waals surface area contributed by atoms with E-state index in [0.29, 0.717) is 23.8 Å². The molecular weight excluding hydrogens is 264 g/mol. The van der Waals surface area contributed by atoms with E-state index in [2.05, 4.69) is 47.2 Å². The maximum Gasteiger partial charge on any atom is 0.259 e. The van der Waals surface area contributed by atoms with Crippen molar-refractivity contribution in [3.8, 4) is 17.5 Å². The van der Waals surface area contributed by atoms with Crippen LogP contribution in [0.5, 0.6) is 0 Å². The van der Waals surface area contributed by atoms with E-state index in [1.54, 1.807) is 12.3 Å². The highest BCUT2D eigenvalue weighted by atomic mass is 16.5. The summed E-state index contributed by atoms with van der Waals surface area (Å²) in [4.78, 5) is 7.21. The molecule has 0 unspecified atom stereocenters. The summed E-state index contributed by atoms with van der Waals surface area (Å²) in [6, 6.07) is 10.0.